The minimum Gasteiger partial charge on any atom is -0.465 e. The number of esters is 2. The van der Waals surface area contributed by atoms with Crippen LogP contribution in [-0.2, 0) is 34.0 Å². The van der Waals surface area contributed by atoms with Crippen LogP contribution in [-0.4, -0.2) is 30.6 Å². The maximum absolute atomic E-state index is 13.2. The number of nitrogens with two attached hydrogens (primary N) is 1. The van der Waals surface area contributed by atoms with Crippen molar-refractivity contribution in [3.8, 4) is 0 Å². The van der Waals surface area contributed by atoms with Gasteiger partial charge in [0.15, 0.2) is 0 Å². The smallest absolute Gasteiger partial charge is 0.340 e. The van der Waals surface area contributed by atoms with Crippen LogP contribution in [0.3, 0.4) is 0 Å². The van der Waals surface area contributed by atoms with E-state index in [2.05, 4.69) is 5.32 Å². The number of nitrogens with one attached hydrogen (secondary N) is 1. The molecule has 1 atom stereocenters. The molecule has 3 aliphatic heterocycles. The van der Waals surface area contributed by atoms with E-state index in [-0.39, 0.29) is 29.2 Å². The second-order valence-corrected chi connectivity index (χ2v) is 7.21. The number of ether oxygens (including phenoxy) is 3. The number of methoxy groups -OCH3 is 1. The van der Waals surface area contributed by atoms with Crippen molar-refractivity contribution in [2.24, 2.45) is 5.73 Å². The molecule has 8 nitrogen and oxygen atoms in total. The highest BCUT2D eigenvalue weighted by atomic mass is 16.6. The molecule has 1 aromatic carbocycles. The van der Waals surface area contributed by atoms with Gasteiger partial charge in [-0.05, 0) is 19.9 Å². The van der Waals surface area contributed by atoms with Crippen LogP contribution in [0.5, 0.6) is 0 Å². The van der Waals surface area contributed by atoms with E-state index in [0.29, 0.717) is 11.3 Å². The van der Waals surface area contributed by atoms with Crippen molar-refractivity contribution in [2.45, 2.75) is 31.3 Å². The summed E-state index contributed by atoms with van der Waals surface area (Å²) in [6.45, 7) is 3.45. The van der Waals surface area contributed by atoms with Crippen molar-refractivity contribution in [2.75, 3.05) is 12.4 Å². The topological polar surface area (TPSA) is 117 Å². The lowest BCUT2D eigenvalue weighted by atomic mass is 9.66. The molecule has 3 aliphatic rings. The normalized spacial score (nSPS) is 25.4. The van der Waals surface area contributed by atoms with Gasteiger partial charge in [0.25, 0.3) is 0 Å². The molecule has 0 aliphatic carbocycles. The Balaban J connectivity index is 2.09. The second-order valence-electron chi connectivity index (χ2n) is 7.21. The van der Waals surface area contributed by atoms with Gasteiger partial charge in [-0.25, -0.2) is 9.59 Å². The van der Waals surface area contributed by atoms with E-state index in [0.717, 1.165) is 0 Å². The van der Waals surface area contributed by atoms with E-state index in [1.54, 1.807) is 38.1 Å². The van der Waals surface area contributed by atoms with Gasteiger partial charge in [0, 0.05) is 17.7 Å². The number of hydrogen-bond donors (Lipinski definition) is 2. The molecule has 1 unspecified atom stereocenters. The number of cyclic esters (lactones) is 1. The van der Waals surface area contributed by atoms with Crippen LogP contribution in [0.4, 0.5) is 5.69 Å². The van der Waals surface area contributed by atoms with Crippen molar-refractivity contribution < 1.29 is 28.6 Å². The number of hydrogen-bond acceptors (Lipinski definition) is 7. The first-order valence-electron chi connectivity index (χ1n) is 8.36. The van der Waals surface area contributed by atoms with Crippen LogP contribution < -0.4 is 11.1 Å². The average molecular weight is 370 g/mol. The first-order chi connectivity index (χ1) is 12.7. The monoisotopic (exact) mass is 370 g/mol. The van der Waals surface area contributed by atoms with Crippen LogP contribution in [0, 0.1) is 0 Å². The number of amides is 1. The molecule has 0 saturated heterocycles. The number of carbonyl (C=O) groups is 3. The number of benzene rings is 1. The molecule has 1 amide bonds. The lowest BCUT2D eigenvalue weighted by molar-refractivity contribution is -0.157. The molecule has 0 radical (unpaired) electrons. The first-order valence-corrected chi connectivity index (χ1v) is 8.36. The zero-order valence-electron chi connectivity index (χ0n) is 15.0. The van der Waals surface area contributed by atoms with Gasteiger partial charge >= 0.3 is 11.9 Å². The molecule has 0 fully saturated rings. The third-order valence-corrected chi connectivity index (χ3v) is 4.98. The summed E-state index contributed by atoms with van der Waals surface area (Å²) >= 11 is 0. The molecular formula is C19H18N2O6. The van der Waals surface area contributed by atoms with Gasteiger partial charge in [0.1, 0.15) is 27.9 Å². The van der Waals surface area contributed by atoms with Crippen molar-refractivity contribution in [3.05, 3.63) is 52.6 Å². The Morgan fingerprint density at radius 3 is 2.67 bits per heavy atom. The molecule has 3 N–H and O–H groups in total. The van der Waals surface area contributed by atoms with Gasteiger partial charge < -0.3 is 25.3 Å². The third-order valence-electron chi connectivity index (χ3n) is 4.98. The molecule has 0 aromatic heterocycles. The van der Waals surface area contributed by atoms with Crippen LogP contribution in [0.25, 0.3) is 0 Å². The van der Waals surface area contributed by atoms with E-state index < -0.39 is 28.9 Å². The Kier molecular flexibility index (Phi) is 3.40. The maximum atomic E-state index is 13.2. The third kappa shape index (κ3) is 2.12. The van der Waals surface area contributed by atoms with E-state index >= 15 is 0 Å². The minimum absolute atomic E-state index is 0.0427. The SMILES string of the molecule is COC(=O)C1=C(N)OC2=C(C(=O)OC(C)(C)C2)C12C(=O)Nc1ccccc12. The molecule has 27 heavy (non-hydrogen) atoms. The molecule has 1 aromatic rings. The lowest BCUT2D eigenvalue weighted by Gasteiger charge is -2.41. The molecule has 0 bridgehead atoms. The molecular weight excluding hydrogens is 352 g/mol. The predicted octanol–water partition coefficient (Wildman–Crippen LogP) is 1.23. The van der Waals surface area contributed by atoms with Crippen molar-refractivity contribution in [3.63, 3.8) is 0 Å². The fraction of sp³-hybridized carbons (Fsp3) is 0.316. The molecule has 140 valence electrons. The average Bonchev–Trinajstić information content (AvgIpc) is 2.85. The quantitative estimate of drug-likeness (QED) is 0.714. The number of rotatable bonds is 1. The zero-order chi connectivity index (χ0) is 19.6. The van der Waals surface area contributed by atoms with Crippen LogP contribution in [0.2, 0.25) is 0 Å². The van der Waals surface area contributed by atoms with E-state index in [1.165, 1.54) is 7.11 Å². The Labute approximate surface area is 154 Å². The van der Waals surface area contributed by atoms with E-state index in [9.17, 15) is 14.4 Å². The summed E-state index contributed by atoms with van der Waals surface area (Å²) < 4.78 is 16.0. The predicted molar refractivity (Wildman–Crippen MR) is 92.9 cm³/mol. The molecule has 0 saturated carbocycles. The van der Waals surface area contributed by atoms with Crippen molar-refractivity contribution in [1.82, 2.24) is 0 Å². The molecule has 3 heterocycles. The standard InChI is InChI=1S/C19H18N2O6/c1-18(2)8-11-12(16(23)27-18)19(13(14(20)26-11)15(22)25-3)9-6-4-5-7-10(9)21-17(19)24/h4-7H,8,20H2,1-3H3,(H,21,24). The fourth-order valence-electron chi connectivity index (χ4n) is 3.98. The zero-order valence-corrected chi connectivity index (χ0v) is 15.0. The van der Waals surface area contributed by atoms with Gasteiger partial charge in [0.05, 0.1) is 7.11 Å². The fourth-order valence-corrected chi connectivity index (χ4v) is 3.98. The maximum Gasteiger partial charge on any atom is 0.340 e. The van der Waals surface area contributed by atoms with Crippen LogP contribution in [0.15, 0.2) is 47.1 Å². The summed E-state index contributed by atoms with van der Waals surface area (Å²) in [6.07, 6.45) is 0.209. The largest absolute Gasteiger partial charge is 0.465 e. The Bertz CT molecular complexity index is 974. The number of carbonyl (C=O) groups excluding carboxylic acids is 3. The van der Waals surface area contributed by atoms with Crippen molar-refractivity contribution >= 4 is 23.5 Å². The van der Waals surface area contributed by atoms with Gasteiger partial charge in [-0.15, -0.1) is 0 Å². The van der Waals surface area contributed by atoms with Crippen molar-refractivity contribution in [1.29, 1.82) is 0 Å². The van der Waals surface area contributed by atoms with Gasteiger partial charge in [-0.1, -0.05) is 18.2 Å². The summed E-state index contributed by atoms with van der Waals surface area (Å²) in [7, 11) is 1.17. The summed E-state index contributed by atoms with van der Waals surface area (Å²) in [5.74, 6) is -2.23. The van der Waals surface area contributed by atoms with E-state index in [4.69, 9.17) is 19.9 Å². The Hall–Kier alpha value is -3.29. The Morgan fingerprint density at radius 1 is 1.26 bits per heavy atom. The minimum atomic E-state index is -1.78. The van der Waals surface area contributed by atoms with Crippen LogP contribution >= 0.6 is 0 Å². The Morgan fingerprint density at radius 2 is 1.96 bits per heavy atom. The highest BCUT2D eigenvalue weighted by molar-refractivity contribution is 6.21. The molecule has 4 rings (SSSR count). The summed E-state index contributed by atoms with van der Waals surface area (Å²) in [4.78, 5) is 38.8. The number of anilines is 1. The van der Waals surface area contributed by atoms with E-state index in [1.807, 2.05) is 0 Å². The summed E-state index contributed by atoms with van der Waals surface area (Å²) in [5, 5.41) is 2.73. The lowest BCUT2D eigenvalue weighted by Crippen LogP contribution is -2.51. The number of fused-ring (bicyclic) bond motifs is 3. The van der Waals surface area contributed by atoms with Gasteiger partial charge in [0.2, 0.25) is 11.8 Å². The number of para-hydroxylation sites is 1. The molecule has 1 spiro atoms. The second kappa shape index (κ2) is 5.35. The van der Waals surface area contributed by atoms with Crippen LogP contribution in [0.1, 0.15) is 25.8 Å². The molecule has 8 heteroatoms. The summed E-state index contributed by atoms with van der Waals surface area (Å²) in [6, 6.07) is 6.78. The summed E-state index contributed by atoms with van der Waals surface area (Å²) in [5.41, 5.74) is 4.06. The highest BCUT2D eigenvalue weighted by Gasteiger charge is 2.63. The van der Waals surface area contributed by atoms with Gasteiger partial charge in [-0.3, -0.25) is 4.79 Å². The highest BCUT2D eigenvalue weighted by Crippen LogP contribution is 2.54. The first kappa shape index (κ1) is 17.1. The van der Waals surface area contributed by atoms with Gasteiger partial charge in [-0.2, -0.15) is 0 Å².